The molecule has 0 radical (unpaired) electrons. The van der Waals surface area contributed by atoms with Gasteiger partial charge in [0.1, 0.15) is 6.04 Å². The highest BCUT2D eigenvalue weighted by atomic mass is 16.4. The van der Waals surface area contributed by atoms with Crippen LogP contribution in [0.5, 0.6) is 0 Å². The van der Waals surface area contributed by atoms with Crippen LogP contribution in [0, 0.1) is 0 Å². The number of rotatable bonds is 5. The molecule has 0 heterocycles. The van der Waals surface area contributed by atoms with E-state index in [0.717, 1.165) is 0 Å². The highest BCUT2D eigenvalue weighted by Crippen LogP contribution is 1.89. The van der Waals surface area contributed by atoms with Crippen molar-refractivity contribution in [2.75, 3.05) is 13.2 Å². The number of aliphatic hydroxyl groups is 1. The Kier molecular flexibility index (Phi) is 4.88. The maximum absolute atomic E-state index is 10.3. The third-order valence-corrected chi connectivity index (χ3v) is 1.17. The number of hydrogen-bond acceptors (Lipinski definition) is 3. The lowest BCUT2D eigenvalue weighted by atomic mass is 10.2. The van der Waals surface area contributed by atoms with Crippen LogP contribution in [0.2, 0.25) is 0 Å². The van der Waals surface area contributed by atoms with Crippen molar-refractivity contribution in [1.82, 2.24) is 5.32 Å². The smallest absolute Gasteiger partial charge is 0.320 e. The standard InChI is InChI=1S/C6H13NO3/c1-2-7-5(3-4-8)6(9)10/h5,7-8H,2-4H2,1H3,(H,9,10). The second kappa shape index (κ2) is 5.20. The third-order valence-electron chi connectivity index (χ3n) is 1.17. The molecule has 0 bridgehead atoms. The number of aliphatic carboxylic acids is 1. The molecule has 1 atom stereocenters. The molecule has 10 heavy (non-hydrogen) atoms. The molecular formula is C6H13NO3. The summed E-state index contributed by atoms with van der Waals surface area (Å²) < 4.78 is 0. The molecule has 4 heteroatoms. The van der Waals surface area contributed by atoms with E-state index in [9.17, 15) is 4.79 Å². The van der Waals surface area contributed by atoms with Crippen molar-refractivity contribution < 1.29 is 15.0 Å². The average molecular weight is 147 g/mol. The fourth-order valence-corrected chi connectivity index (χ4v) is 0.688. The molecule has 4 nitrogen and oxygen atoms in total. The molecular weight excluding hydrogens is 134 g/mol. The molecule has 3 N–H and O–H groups in total. The van der Waals surface area contributed by atoms with E-state index in [4.69, 9.17) is 10.2 Å². The van der Waals surface area contributed by atoms with Gasteiger partial charge in [0.15, 0.2) is 0 Å². The van der Waals surface area contributed by atoms with Crippen molar-refractivity contribution in [2.45, 2.75) is 19.4 Å². The van der Waals surface area contributed by atoms with Gasteiger partial charge in [-0.05, 0) is 13.0 Å². The number of carbonyl (C=O) groups is 1. The molecule has 0 aliphatic rings. The van der Waals surface area contributed by atoms with Crippen LogP contribution in [0.3, 0.4) is 0 Å². The Labute approximate surface area is 59.9 Å². The van der Waals surface area contributed by atoms with Gasteiger partial charge >= 0.3 is 5.97 Å². The lowest BCUT2D eigenvalue weighted by molar-refractivity contribution is -0.139. The predicted molar refractivity (Wildman–Crippen MR) is 36.8 cm³/mol. The summed E-state index contributed by atoms with van der Waals surface area (Å²) in [5.41, 5.74) is 0. The third kappa shape index (κ3) is 3.42. The van der Waals surface area contributed by atoms with Crippen LogP contribution in [0.15, 0.2) is 0 Å². The Balaban J connectivity index is 3.61. The van der Waals surface area contributed by atoms with Gasteiger partial charge in [-0.1, -0.05) is 6.92 Å². The van der Waals surface area contributed by atoms with Crippen molar-refractivity contribution in [2.24, 2.45) is 0 Å². The van der Waals surface area contributed by atoms with Gasteiger partial charge in [0.05, 0.1) is 0 Å². The molecule has 0 aromatic heterocycles. The van der Waals surface area contributed by atoms with Gasteiger partial charge in [-0.15, -0.1) is 0 Å². The van der Waals surface area contributed by atoms with E-state index in [2.05, 4.69) is 5.32 Å². The van der Waals surface area contributed by atoms with Crippen molar-refractivity contribution in [3.05, 3.63) is 0 Å². The second-order valence-electron chi connectivity index (χ2n) is 1.96. The van der Waals surface area contributed by atoms with E-state index in [-0.39, 0.29) is 13.0 Å². The minimum atomic E-state index is -0.907. The molecule has 0 fully saturated rings. The first-order valence-corrected chi connectivity index (χ1v) is 3.29. The molecule has 0 rings (SSSR count). The van der Waals surface area contributed by atoms with Crippen LogP contribution < -0.4 is 5.32 Å². The van der Waals surface area contributed by atoms with Gasteiger partial charge in [0.25, 0.3) is 0 Å². The Morgan fingerprint density at radius 3 is 2.60 bits per heavy atom. The summed E-state index contributed by atoms with van der Waals surface area (Å²) in [7, 11) is 0. The Hall–Kier alpha value is -0.610. The van der Waals surface area contributed by atoms with Gasteiger partial charge in [0, 0.05) is 6.61 Å². The Morgan fingerprint density at radius 2 is 2.30 bits per heavy atom. The largest absolute Gasteiger partial charge is 0.480 e. The highest BCUT2D eigenvalue weighted by Gasteiger charge is 2.13. The van der Waals surface area contributed by atoms with Crippen molar-refractivity contribution >= 4 is 5.97 Å². The molecule has 0 aliphatic carbocycles. The van der Waals surface area contributed by atoms with Crippen LogP contribution in [-0.4, -0.2) is 35.4 Å². The summed E-state index contributed by atoms with van der Waals surface area (Å²) in [6.45, 7) is 2.34. The van der Waals surface area contributed by atoms with Crippen LogP contribution in [-0.2, 0) is 4.79 Å². The fourth-order valence-electron chi connectivity index (χ4n) is 0.688. The summed E-state index contributed by atoms with van der Waals surface area (Å²) >= 11 is 0. The molecule has 0 aromatic rings. The summed E-state index contributed by atoms with van der Waals surface area (Å²) in [5.74, 6) is -0.907. The zero-order valence-corrected chi connectivity index (χ0v) is 6.00. The molecule has 0 amide bonds. The topological polar surface area (TPSA) is 69.6 Å². The van der Waals surface area contributed by atoms with Crippen LogP contribution in [0.4, 0.5) is 0 Å². The minimum Gasteiger partial charge on any atom is -0.480 e. The quantitative estimate of drug-likeness (QED) is 0.487. The maximum Gasteiger partial charge on any atom is 0.320 e. The van der Waals surface area contributed by atoms with E-state index in [1.807, 2.05) is 6.92 Å². The number of likely N-dealkylation sites (N-methyl/N-ethyl adjacent to an activating group) is 1. The molecule has 1 unspecified atom stereocenters. The van der Waals surface area contributed by atoms with Gasteiger partial charge < -0.3 is 15.5 Å². The van der Waals surface area contributed by atoms with Gasteiger partial charge in [-0.3, -0.25) is 4.79 Å². The first kappa shape index (κ1) is 9.39. The number of hydrogen-bond donors (Lipinski definition) is 3. The SMILES string of the molecule is CCNC(CCO)C(=O)O. The summed E-state index contributed by atoms with van der Waals surface area (Å²) in [4.78, 5) is 10.3. The zero-order valence-electron chi connectivity index (χ0n) is 6.00. The summed E-state index contributed by atoms with van der Waals surface area (Å²) in [6, 6.07) is -0.602. The fraction of sp³-hybridized carbons (Fsp3) is 0.833. The first-order valence-electron chi connectivity index (χ1n) is 3.29. The molecule has 60 valence electrons. The first-order chi connectivity index (χ1) is 4.72. The monoisotopic (exact) mass is 147 g/mol. The molecule has 0 spiro atoms. The minimum absolute atomic E-state index is 0.0933. The maximum atomic E-state index is 10.3. The molecule has 0 saturated carbocycles. The van der Waals surface area contributed by atoms with E-state index in [1.54, 1.807) is 0 Å². The summed E-state index contributed by atoms with van der Waals surface area (Å²) in [5, 5.41) is 19.6. The zero-order chi connectivity index (χ0) is 7.98. The number of aliphatic hydroxyl groups excluding tert-OH is 1. The van der Waals surface area contributed by atoms with Crippen LogP contribution in [0.25, 0.3) is 0 Å². The summed E-state index contributed by atoms with van der Waals surface area (Å²) in [6.07, 6.45) is 0.267. The Bertz CT molecular complexity index is 99.2. The van der Waals surface area contributed by atoms with E-state index in [0.29, 0.717) is 6.54 Å². The second-order valence-corrected chi connectivity index (χ2v) is 1.96. The van der Waals surface area contributed by atoms with Crippen molar-refractivity contribution in [3.8, 4) is 0 Å². The number of carboxylic acid groups (broad SMARTS) is 1. The number of nitrogens with one attached hydrogen (secondary N) is 1. The van der Waals surface area contributed by atoms with Crippen LogP contribution in [0.1, 0.15) is 13.3 Å². The Morgan fingerprint density at radius 1 is 1.70 bits per heavy atom. The predicted octanol–water partition coefficient (Wildman–Crippen LogP) is -0.569. The van der Waals surface area contributed by atoms with Gasteiger partial charge in [-0.25, -0.2) is 0 Å². The molecule has 0 saturated heterocycles. The van der Waals surface area contributed by atoms with Gasteiger partial charge in [0.2, 0.25) is 0 Å². The lowest BCUT2D eigenvalue weighted by Crippen LogP contribution is -2.37. The van der Waals surface area contributed by atoms with Gasteiger partial charge in [-0.2, -0.15) is 0 Å². The molecule has 0 aliphatic heterocycles. The highest BCUT2D eigenvalue weighted by molar-refractivity contribution is 5.73. The van der Waals surface area contributed by atoms with E-state index in [1.165, 1.54) is 0 Å². The van der Waals surface area contributed by atoms with Crippen molar-refractivity contribution in [3.63, 3.8) is 0 Å². The van der Waals surface area contributed by atoms with Crippen molar-refractivity contribution in [1.29, 1.82) is 0 Å². The lowest BCUT2D eigenvalue weighted by Gasteiger charge is -2.09. The van der Waals surface area contributed by atoms with Crippen LogP contribution >= 0.6 is 0 Å². The van der Waals surface area contributed by atoms with E-state index >= 15 is 0 Å². The number of carboxylic acids is 1. The van der Waals surface area contributed by atoms with E-state index < -0.39 is 12.0 Å². The normalized spacial score (nSPS) is 13.0. The molecule has 0 aromatic carbocycles. The average Bonchev–Trinajstić information content (AvgIpc) is 1.87.